The minimum atomic E-state index is -1.85. The number of carbonyl (C=O) groups is 2. The van der Waals surface area contributed by atoms with Crippen LogP contribution >= 0.6 is 34.8 Å². The van der Waals surface area contributed by atoms with Crippen LogP contribution in [-0.2, 0) is 4.74 Å². The average Bonchev–Trinajstić information content (AvgIpc) is 2.74. The standard InChI is InChI=1S/C26H31Cl3O5/c1-12-7-8-17(27)23(3,4)15(12)10-26-21(32)14-9-16(30)13(2)20(31)19(14)22(33)25(26,29)11-18(28)24(5,6)34-26/h9,15,17-18,30-31H,1,7-8,10-11H2,2-6H3/t15?,17-,18?,25-,26-/m0/s1. The number of phenols is 2. The monoisotopic (exact) mass is 528 g/mol. The van der Waals surface area contributed by atoms with Gasteiger partial charge in [-0.15, -0.1) is 34.8 Å². The first-order valence-corrected chi connectivity index (χ1v) is 12.8. The molecule has 5 nitrogen and oxygen atoms in total. The summed E-state index contributed by atoms with van der Waals surface area (Å²) in [5, 5.41) is 20.3. The van der Waals surface area contributed by atoms with Crippen molar-refractivity contribution in [2.75, 3.05) is 0 Å². The lowest BCUT2D eigenvalue weighted by atomic mass is 9.56. The SMILES string of the molecule is C=C1CC[C@H](Cl)C(C)(C)C1C[C@@]12OC(C)(C)C(Cl)C[C@]1(Cl)C(=O)c1c(cc(O)c(C)c1O)C2=O. The molecule has 5 atom stereocenters. The number of halogens is 3. The van der Waals surface area contributed by atoms with E-state index >= 15 is 0 Å². The second kappa shape index (κ2) is 7.86. The van der Waals surface area contributed by atoms with E-state index in [2.05, 4.69) is 6.58 Å². The van der Waals surface area contributed by atoms with Crippen molar-refractivity contribution in [2.24, 2.45) is 11.3 Å². The van der Waals surface area contributed by atoms with Gasteiger partial charge in [0.2, 0.25) is 0 Å². The molecule has 3 aliphatic rings. The summed E-state index contributed by atoms with van der Waals surface area (Å²) in [5.41, 5.74) is -2.51. The van der Waals surface area contributed by atoms with E-state index < -0.39 is 44.2 Å². The van der Waals surface area contributed by atoms with Gasteiger partial charge in [0.1, 0.15) is 16.4 Å². The van der Waals surface area contributed by atoms with Gasteiger partial charge >= 0.3 is 0 Å². The summed E-state index contributed by atoms with van der Waals surface area (Å²) in [6.07, 6.45) is 1.50. The number of allylic oxidation sites excluding steroid dienone is 1. The maximum Gasteiger partial charge on any atom is 0.198 e. The molecule has 2 unspecified atom stereocenters. The molecular weight excluding hydrogens is 499 g/mol. The molecule has 2 aliphatic carbocycles. The van der Waals surface area contributed by atoms with Gasteiger partial charge in [-0.1, -0.05) is 26.0 Å². The van der Waals surface area contributed by atoms with Gasteiger partial charge in [-0.25, -0.2) is 0 Å². The van der Waals surface area contributed by atoms with Crippen LogP contribution in [0, 0.1) is 18.3 Å². The topological polar surface area (TPSA) is 83.8 Å². The van der Waals surface area contributed by atoms with Crippen molar-refractivity contribution in [1.29, 1.82) is 0 Å². The fraction of sp³-hybridized carbons (Fsp3) is 0.615. The number of alkyl halides is 3. The Hall–Kier alpha value is -1.27. The van der Waals surface area contributed by atoms with E-state index in [4.69, 9.17) is 39.5 Å². The van der Waals surface area contributed by atoms with Crippen molar-refractivity contribution in [1.82, 2.24) is 0 Å². The summed E-state index contributed by atoms with van der Waals surface area (Å²) in [6, 6.07) is 1.22. The molecule has 8 heteroatoms. The van der Waals surface area contributed by atoms with E-state index in [1.807, 2.05) is 13.8 Å². The third-order valence-electron chi connectivity index (χ3n) is 8.43. The number of ether oxygens (including phenoxy) is 1. The van der Waals surface area contributed by atoms with E-state index in [1.54, 1.807) is 13.8 Å². The Balaban J connectivity index is 1.99. The third kappa shape index (κ3) is 3.30. The molecule has 2 fully saturated rings. The van der Waals surface area contributed by atoms with Crippen LogP contribution < -0.4 is 0 Å². The van der Waals surface area contributed by atoms with Crippen molar-refractivity contribution in [3.05, 3.63) is 34.9 Å². The number of hydrogen-bond donors (Lipinski definition) is 2. The highest BCUT2D eigenvalue weighted by Crippen LogP contribution is 2.60. The molecule has 0 spiro atoms. The molecule has 0 aromatic heterocycles. The van der Waals surface area contributed by atoms with Crippen LogP contribution in [0.3, 0.4) is 0 Å². The molecular formula is C26H31Cl3O5. The lowest BCUT2D eigenvalue weighted by molar-refractivity contribution is -0.169. The average molecular weight is 530 g/mol. The number of ketones is 2. The second-order valence-corrected chi connectivity index (χ2v) is 12.9. The Labute approximate surface area is 215 Å². The van der Waals surface area contributed by atoms with Gasteiger partial charge in [-0.05, 0) is 63.9 Å². The number of carbonyl (C=O) groups excluding carboxylic acids is 2. The number of aromatic hydroxyl groups is 2. The molecule has 1 saturated heterocycles. The Morgan fingerprint density at radius 3 is 2.35 bits per heavy atom. The van der Waals surface area contributed by atoms with E-state index in [-0.39, 0.29) is 46.6 Å². The van der Waals surface area contributed by atoms with Crippen LogP contribution in [0.1, 0.15) is 79.7 Å². The maximum absolute atomic E-state index is 14.3. The number of hydrogen-bond acceptors (Lipinski definition) is 5. The summed E-state index contributed by atoms with van der Waals surface area (Å²) in [5.74, 6) is -2.20. The predicted molar refractivity (Wildman–Crippen MR) is 134 cm³/mol. The number of fused-ring (bicyclic) bond motifs is 2. The van der Waals surface area contributed by atoms with Gasteiger partial charge in [0.05, 0.1) is 16.5 Å². The lowest BCUT2D eigenvalue weighted by Crippen LogP contribution is -2.73. The second-order valence-electron chi connectivity index (χ2n) is 11.2. The normalized spacial score (nSPS) is 36.7. The van der Waals surface area contributed by atoms with Crippen LogP contribution in [0.5, 0.6) is 11.5 Å². The van der Waals surface area contributed by atoms with E-state index in [1.165, 1.54) is 13.0 Å². The molecule has 1 saturated carbocycles. The van der Waals surface area contributed by atoms with Crippen molar-refractivity contribution in [3.63, 3.8) is 0 Å². The maximum atomic E-state index is 14.3. The first-order chi connectivity index (χ1) is 15.5. The quantitative estimate of drug-likeness (QED) is 0.347. The van der Waals surface area contributed by atoms with E-state index in [0.29, 0.717) is 6.42 Å². The fourth-order valence-electron chi connectivity index (χ4n) is 5.93. The summed E-state index contributed by atoms with van der Waals surface area (Å²) >= 11 is 20.5. The molecule has 2 N–H and O–H groups in total. The minimum Gasteiger partial charge on any atom is -0.508 e. The van der Waals surface area contributed by atoms with Crippen LogP contribution in [0.2, 0.25) is 0 Å². The smallest absolute Gasteiger partial charge is 0.198 e. The van der Waals surface area contributed by atoms with Crippen molar-refractivity contribution < 1.29 is 24.5 Å². The highest BCUT2D eigenvalue weighted by atomic mass is 35.5. The first kappa shape index (κ1) is 25.8. The zero-order chi connectivity index (χ0) is 25.6. The van der Waals surface area contributed by atoms with Crippen LogP contribution in [-0.4, -0.2) is 48.6 Å². The number of Topliss-reactive ketones (excluding diaryl/α,β-unsaturated/α-hetero) is 2. The van der Waals surface area contributed by atoms with Gasteiger partial charge in [0.15, 0.2) is 17.2 Å². The van der Waals surface area contributed by atoms with Gasteiger partial charge < -0.3 is 14.9 Å². The largest absolute Gasteiger partial charge is 0.508 e. The minimum absolute atomic E-state index is 0.0313. The Kier molecular flexibility index (Phi) is 5.97. The summed E-state index contributed by atoms with van der Waals surface area (Å²) < 4.78 is 6.53. The fourth-order valence-corrected chi connectivity index (χ4v) is 6.99. The Bertz CT molecular complexity index is 1110. The zero-order valence-electron chi connectivity index (χ0n) is 20.1. The third-order valence-corrected chi connectivity index (χ3v) is 10.5. The molecule has 4 rings (SSSR count). The molecule has 0 amide bonds. The molecule has 0 bridgehead atoms. The van der Waals surface area contributed by atoms with Gasteiger partial charge in [-0.3, -0.25) is 9.59 Å². The molecule has 1 aromatic carbocycles. The summed E-state index contributed by atoms with van der Waals surface area (Å²) in [4.78, 5) is 26.5. The zero-order valence-corrected chi connectivity index (χ0v) is 22.4. The van der Waals surface area contributed by atoms with Gasteiger partial charge in [-0.2, -0.15) is 0 Å². The highest BCUT2D eigenvalue weighted by Gasteiger charge is 2.71. The molecule has 1 heterocycles. The summed E-state index contributed by atoms with van der Waals surface area (Å²) in [6.45, 7) is 13.3. The Morgan fingerprint density at radius 2 is 1.74 bits per heavy atom. The van der Waals surface area contributed by atoms with E-state index in [0.717, 1.165) is 12.0 Å². The number of phenolic OH excluding ortho intramolecular Hbond substituents is 2. The molecule has 1 aromatic rings. The van der Waals surface area contributed by atoms with Crippen LogP contribution in [0.4, 0.5) is 0 Å². The van der Waals surface area contributed by atoms with Crippen LogP contribution in [0.15, 0.2) is 18.2 Å². The molecule has 186 valence electrons. The number of rotatable bonds is 2. The van der Waals surface area contributed by atoms with Gasteiger partial charge in [0, 0.05) is 16.5 Å². The number of benzene rings is 1. The molecule has 34 heavy (non-hydrogen) atoms. The lowest BCUT2D eigenvalue weighted by Gasteiger charge is -2.59. The van der Waals surface area contributed by atoms with Crippen molar-refractivity contribution >= 4 is 46.4 Å². The first-order valence-electron chi connectivity index (χ1n) is 11.5. The predicted octanol–water partition coefficient (Wildman–Crippen LogP) is 6.30. The van der Waals surface area contributed by atoms with Gasteiger partial charge in [0.25, 0.3) is 0 Å². The van der Waals surface area contributed by atoms with E-state index in [9.17, 15) is 19.8 Å². The molecule has 1 aliphatic heterocycles. The van der Waals surface area contributed by atoms with Crippen molar-refractivity contribution in [2.45, 2.75) is 87.1 Å². The summed E-state index contributed by atoms with van der Waals surface area (Å²) in [7, 11) is 0. The molecule has 0 radical (unpaired) electrons. The van der Waals surface area contributed by atoms with Crippen LogP contribution in [0.25, 0.3) is 0 Å². The Morgan fingerprint density at radius 1 is 1.12 bits per heavy atom. The highest BCUT2D eigenvalue weighted by molar-refractivity contribution is 6.45. The van der Waals surface area contributed by atoms with Crippen molar-refractivity contribution in [3.8, 4) is 11.5 Å².